The second kappa shape index (κ2) is 20.4. The van der Waals surface area contributed by atoms with Gasteiger partial charge in [0.05, 0.1) is 17.7 Å². The zero-order valence-electron chi connectivity index (χ0n) is 50.3. The number of pyridine rings is 1. The van der Waals surface area contributed by atoms with Crippen molar-refractivity contribution >= 4 is 33.2 Å². The highest BCUT2D eigenvalue weighted by atomic mass is 16.5. The van der Waals surface area contributed by atoms with Gasteiger partial charge >= 0.3 is 0 Å². The van der Waals surface area contributed by atoms with Crippen molar-refractivity contribution in [1.82, 2.24) is 9.55 Å². The van der Waals surface area contributed by atoms with E-state index in [0.29, 0.717) is 18.5 Å². The van der Waals surface area contributed by atoms with Crippen molar-refractivity contribution in [2.75, 3.05) is 16.5 Å². The first-order valence-corrected chi connectivity index (χ1v) is 28.8. The molecular weight excluding hydrogens is 961 g/mol. The Bertz CT molecular complexity index is 3710. The van der Waals surface area contributed by atoms with Crippen molar-refractivity contribution in [2.24, 2.45) is 5.41 Å². The molecule has 3 heterocycles. The maximum absolute atomic E-state index is 7.31. The summed E-state index contributed by atoms with van der Waals surface area (Å²) >= 11 is 0. The van der Waals surface area contributed by atoms with Gasteiger partial charge in [0.15, 0.2) is 0 Å². The van der Waals surface area contributed by atoms with Gasteiger partial charge in [-0.25, -0.2) is 4.98 Å². The highest BCUT2D eigenvalue weighted by Gasteiger charge is 2.35. The van der Waals surface area contributed by atoms with Crippen LogP contribution >= 0.6 is 0 Å². The summed E-state index contributed by atoms with van der Waals surface area (Å²) in [6.45, 7) is 40.1. The molecule has 9 aromatic rings. The van der Waals surface area contributed by atoms with Crippen LogP contribution in [0.2, 0.25) is 0 Å². The molecule has 0 saturated carbocycles. The highest BCUT2D eigenvalue weighted by Crippen LogP contribution is 2.47. The van der Waals surface area contributed by atoms with Crippen molar-refractivity contribution in [2.45, 2.75) is 151 Å². The molecule has 0 bridgehead atoms. The predicted octanol–water partition coefficient (Wildman–Crippen LogP) is 20.3. The first-order chi connectivity index (χ1) is 37.2. The van der Waals surface area contributed by atoms with Crippen LogP contribution in [-0.4, -0.2) is 16.2 Å². The second-order valence-corrected chi connectivity index (χ2v) is 27.1. The summed E-state index contributed by atoms with van der Waals surface area (Å²) in [5.41, 5.74) is 17.8. The maximum atomic E-state index is 7.31. The Balaban J connectivity index is 1.14. The van der Waals surface area contributed by atoms with E-state index in [1.165, 1.54) is 66.8 Å². The van der Waals surface area contributed by atoms with Gasteiger partial charge in [0, 0.05) is 68.6 Å². The fraction of sp³-hybridized carbons (Fsp3) is 0.338. The Labute approximate surface area is 473 Å². The van der Waals surface area contributed by atoms with Gasteiger partial charge in [-0.05, 0) is 139 Å². The molecule has 0 fully saturated rings. The molecule has 0 spiro atoms. The van der Waals surface area contributed by atoms with Crippen LogP contribution < -0.4 is 14.5 Å². The van der Waals surface area contributed by atoms with Gasteiger partial charge < -0.3 is 14.5 Å². The van der Waals surface area contributed by atoms with E-state index >= 15 is 0 Å². The van der Waals surface area contributed by atoms with Gasteiger partial charge in [0.1, 0.15) is 17.3 Å². The predicted molar refractivity (Wildman–Crippen MR) is 337 cm³/mol. The van der Waals surface area contributed by atoms with Gasteiger partial charge in [0.2, 0.25) is 0 Å². The third kappa shape index (κ3) is 10.7. The first-order valence-electron chi connectivity index (χ1n) is 28.8. The third-order valence-corrected chi connectivity index (χ3v) is 16.9. The van der Waals surface area contributed by atoms with Crippen LogP contribution in [0.1, 0.15) is 174 Å². The molecule has 0 atom stereocenters. The number of allylic oxidation sites excluding steroid dienone is 1. The summed E-state index contributed by atoms with van der Waals surface area (Å²) in [6, 6.07) is 60.9. The van der Waals surface area contributed by atoms with E-state index < -0.39 is 0 Å². The summed E-state index contributed by atoms with van der Waals surface area (Å²) < 4.78 is 9.64. The summed E-state index contributed by atoms with van der Waals surface area (Å²) in [4.78, 5) is 10.1. The van der Waals surface area contributed by atoms with Crippen LogP contribution in [-0.2, 0) is 21.7 Å². The minimum atomic E-state index is -0.215. The molecular formula is C74H84N4O. The maximum Gasteiger partial charge on any atom is 0.137 e. The van der Waals surface area contributed by atoms with Crippen molar-refractivity contribution < 1.29 is 4.74 Å². The number of rotatable bonds is 12. The van der Waals surface area contributed by atoms with Crippen molar-refractivity contribution in [1.29, 1.82) is 0 Å². The number of ether oxygens (including phenoxy) is 1. The van der Waals surface area contributed by atoms with E-state index in [1.54, 1.807) is 0 Å². The molecule has 1 aliphatic heterocycles. The first kappa shape index (κ1) is 55.0. The minimum Gasteiger partial charge on any atom is -0.457 e. The normalized spacial score (nSPS) is 13.8. The Hall–Kier alpha value is -7.37. The number of nitrogens with zero attached hydrogens (tertiary/aromatic N) is 4. The van der Waals surface area contributed by atoms with E-state index in [0.717, 1.165) is 45.0 Å². The van der Waals surface area contributed by atoms with E-state index in [2.05, 4.69) is 302 Å². The van der Waals surface area contributed by atoms with Gasteiger partial charge in [-0.1, -0.05) is 209 Å². The summed E-state index contributed by atoms with van der Waals surface area (Å²) in [5.74, 6) is 3.07. The molecule has 7 aromatic carbocycles. The van der Waals surface area contributed by atoms with Crippen LogP contribution in [0.4, 0.5) is 11.4 Å². The van der Waals surface area contributed by atoms with Crippen molar-refractivity contribution in [3.05, 3.63) is 226 Å². The Morgan fingerprint density at radius 3 is 1.65 bits per heavy atom. The molecule has 0 unspecified atom stereocenters. The van der Waals surface area contributed by atoms with Gasteiger partial charge in [-0.3, -0.25) is 4.57 Å². The SMILES string of the molecule is CC(C)c1cccc(C(C)C)c1-c1cc(Oc2ccc3c4cc(C(C)(C)c5ccccc5)ccc4n(-c4cc(C(C)(C)C)ccn4)c3c2)cc(N2C=C(C(C)(C)C)N(c3cc(C(C)(C)C)cc(C(C)(C)c4ccccc4)c3)C2)c1. The van der Waals surface area contributed by atoms with Crippen molar-refractivity contribution in [3.63, 3.8) is 0 Å². The number of hydrogen-bond donors (Lipinski definition) is 0. The largest absolute Gasteiger partial charge is 0.457 e. The molecule has 5 heteroatoms. The van der Waals surface area contributed by atoms with Gasteiger partial charge in [-0.2, -0.15) is 0 Å². The molecule has 79 heavy (non-hydrogen) atoms. The average molecular weight is 1050 g/mol. The van der Waals surface area contributed by atoms with E-state index in [1.807, 2.05) is 6.20 Å². The molecule has 0 saturated heterocycles. The summed E-state index contributed by atoms with van der Waals surface area (Å²) in [6.07, 6.45) is 4.35. The Kier molecular flexibility index (Phi) is 14.2. The van der Waals surface area contributed by atoms with Gasteiger partial charge in [-0.15, -0.1) is 0 Å². The van der Waals surface area contributed by atoms with Crippen LogP contribution in [0.3, 0.4) is 0 Å². The fourth-order valence-electron chi connectivity index (χ4n) is 11.7. The van der Waals surface area contributed by atoms with Crippen molar-refractivity contribution in [3.8, 4) is 28.4 Å². The lowest BCUT2D eigenvalue weighted by Crippen LogP contribution is -2.31. The molecule has 0 radical (unpaired) electrons. The molecule has 1 aliphatic rings. The molecule has 5 nitrogen and oxygen atoms in total. The number of benzene rings is 7. The molecule has 0 aliphatic carbocycles. The number of hydrogen-bond acceptors (Lipinski definition) is 4. The van der Waals surface area contributed by atoms with E-state index in [-0.39, 0.29) is 27.1 Å². The molecule has 0 N–H and O–H groups in total. The van der Waals surface area contributed by atoms with E-state index in [4.69, 9.17) is 9.72 Å². The average Bonchev–Trinajstić information content (AvgIpc) is 4.22. The number of aromatic nitrogens is 2. The second-order valence-electron chi connectivity index (χ2n) is 27.1. The molecule has 2 aromatic heterocycles. The lowest BCUT2D eigenvalue weighted by molar-refractivity contribution is 0.483. The number of fused-ring (bicyclic) bond motifs is 3. The Morgan fingerprint density at radius 2 is 1.05 bits per heavy atom. The standard InChI is InChI=1S/C74H84N4O/c1-48(2)61-29-24-30-62(49(3)4)69(61)50-37-57(76-46-67(72(11,12)13)77(47-76)58-40-55(71(8,9)10)39-56(41-58)74(16,17)52-27-22-19-23-28-52)44-60(38-50)79-59-32-33-63-64-42-54(73(14,15)51-25-20-18-21-26-51)31-34-65(64)78(66(63)45-59)68-43-53(35-36-75-68)70(5,6)7/h18-46,48-49H,47H2,1-17H3. The molecule has 406 valence electrons. The summed E-state index contributed by atoms with van der Waals surface area (Å²) in [5, 5.41) is 2.34. The lowest BCUT2D eigenvalue weighted by Gasteiger charge is -2.34. The quantitative estimate of drug-likeness (QED) is 0.122. The van der Waals surface area contributed by atoms with Crippen LogP contribution in [0.15, 0.2) is 182 Å². The highest BCUT2D eigenvalue weighted by molar-refractivity contribution is 6.10. The van der Waals surface area contributed by atoms with Crippen LogP contribution in [0.5, 0.6) is 11.5 Å². The minimum absolute atomic E-state index is 0.0577. The number of anilines is 2. The van der Waals surface area contributed by atoms with Crippen LogP contribution in [0, 0.1) is 5.41 Å². The van der Waals surface area contributed by atoms with E-state index in [9.17, 15) is 0 Å². The topological polar surface area (TPSA) is 33.5 Å². The Morgan fingerprint density at radius 1 is 0.443 bits per heavy atom. The molecule has 0 amide bonds. The fourth-order valence-corrected chi connectivity index (χ4v) is 11.7. The third-order valence-electron chi connectivity index (χ3n) is 16.9. The lowest BCUT2D eigenvalue weighted by atomic mass is 9.75. The summed E-state index contributed by atoms with van der Waals surface area (Å²) in [7, 11) is 0. The zero-order chi connectivity index (χ0) is 56.6. The smallest absolute Gasteiger partial charge is 0.137 e. The van der Waals surface area contributed by atoms with Crippen LogP contribution in [0.25, 0.3) is 38.8 Å². The monoisotopic (exact) mass is 1040 g/mol. The molecule has 10 rings (SSSR count). The zero-order valence-corrected chi connectivity index (χ0v) is 50.3. The van der Waals surface area contributed by atoms with Gasteiger partial charge in [0.25, 0.3) is 0 Å².